The molecule has 0 spiro atoms. The summed E-state index contributed by atoms with van der Waals surface area (Å²) in [5.74, 6) is 0.0610. The third-order valence-electron chi connectivity index (χ3n) is 3.43. The Morgan fingerprint density at radius 1 is 1.44 bits per heavy atom. The van der Waals surface area contributed by atoms with Crippen molar-refractivity contribution in [3.05, 3.63) is 29.7 Å². The highest BCUT2D eigenvalue weighted by Gasteiger charge is 2.27. The van der Waals surface area contributed by atoms with Gasteiger partial charge < -0.3 is 10.0 Å². The van der Waals surface area contributed by atoms with E-state index in [1.807, 2.05) is 0 Å². The normalized spacial score (nSPS) is 20.6. The van der Waals surface area contributed by atoms with E-state index in [1.54, 1.807) is 22.6 Å². The van der Waals surface area contributed by atoms with Crippen molar-refractivity contribution in [3.8, 4) is 0 Å². The van der Waals surface area contributed by atoms with Crippen LogP contribution in [0.2, 0.25) is 0 Å². The number of likely N-dealkylation sites (N-methyl/N-ethyl adjacent to an activating group) is 1. The van der Waals surface area contributed by atoms with Crippen LogP contribution in [0.4, 0.5) is 0 Å². The number of aromatic nitrogens is 3. The Kier molecular flexibility index (Phi) is 2.52. The second-order valence-electron chi connectivity index (χ2n) is 4.72. The smallest absolute Gasteiger partial charge is 0.352 e. The molecular formula is C12H14N4O2. The zero-order chi connectivity index (χ0) is 12.7. The van der Waals surface area contributed by atoms with Crippen LogP contribution in [0.3, 0.4) is 0 Å². The van der Waals surface area contributed by atoms with Crippen molar-refractivity contribution in [3.63, 3.8) is 0 Å². The van der Waals surface area contributed by atoms with Crippen LogP contribution in [-0.2, 0) is 0 Å². The van der Waals surface area contributed by atoms with Crippen LogP contribution in [0.5, 0.6) is 0 Å². The van der Waals surface area contributed by atoms with Gasteiger partial charge in [-0.05, 0) is 32.1 Å². The van der Waals surface area contributed by atoms with Crippen LogP contribution in [0.25, 0.3) is 5.65 Å². The Morgan fingerprint density at radius 2 is 2.28 bits per heavy atom. The molecule has 0 bridgehead atoms. The third-order valence-corrected chi connectivity index (χ3v) is 3.43. The molecule has 1 N–H and O–H groups in total. The van der Waals surface area contributed by atoms with Gasteiger partial charge in [-0.15, -0.1) is 10.2 Å². The van der Waals surface area contributed by atoms with Gasteiger partial charge in [0.2, 0.25) is 0 Å². The van der Waals surface area contributed by atoms with Gasteiger partial charge >= 0.3 is 5.97 Å². The molecule has 0 aromatic carbocycles. The summed E-state index contributed by atoms with van der Waals surface area (Å²) in [4.78, 5) is 13.5. The fraction of sp³-hybridized carbons (Fsp3) is 0.417. The maximum absolute atomic E-state index is 11.3. The predicted octanol–water partition coefficient (Wildman–Crippen LogP) is 0.847. The number of carbonyl (C=O) groups is 1. The molecule has 94 valence electrons. The number of pyridine rings is 1. The Labute approximate surface area is 104 Å². The molecule has 0 aliphatic carbocycles. The number of hydrogen-bond donors (Lipinski definition) is 1. The van der Waals surface area contributed by atoms with Gasteiger partial charge in [-0.2, -0.15) is 0 Å². The minimum absolute atomic E-state index is 0.224. The maximum Gasteiger partial charge on any atom is 0.352 e. The Morgan fingerprint density at radius 3 is 2.94 bits per heavy atom. The molecule has 0 saturated carbocycles. The SMILES string of the molecule is CN1CCC(c2nnc3cccc(C(=O)O)n23)C1. The molecule has 3 rings (SSSR count). The first kappa shape index (κ1) is 11.2. The number of aromatic carboxylic acids is 1. The molecule has 6 heteroatoms. The second-order valence-corrected chi connectivity index (χ2v) is 4.72. The Bertz CT molecular complexity index is 607. The van der Waals surface area contributed by atoms with Gasteiger partial charge in [0.25, 0.3) is 0 Å². The molecular weight excluding hydrogens is 232 g/mol. The molecule has 1 fully saturated rings. The molecule has 2 aromatic heterocycles. The van der Waals surface area contributed by atoms with E-state index in [9.17, 15) is 9.90 Å². The lowest BCUT2D eigenvalue weighted by Gasteiger charge is -2.10. The first-order valence-electron chi connectivity index (χ1n) is 5.92. The minimum Gasteiger partial charge on any atom is -0.477 e. The van der Waals surface area contributed by atoms with Gasteiger partial charge in [0.15, 0.2) is 5.65 Å². The van der Waals surface area contributed by atoms with E-state index in [2.05, 4.69) is 22.1 Å². The second kappa shape index (κ2) is 4.06. The number of fused-ring (bicyclic) bond motifs is 1. The average Bonchev–Trinajstić information content (AvgIpc) is 2.94. The van der Waals surface area contributed by atoms with Crippen LogP contribution < -0.4 is 0 Å². The minimum atomic E-state index is -0.951. The number of nitrogens with zero attached hydrogens (tertiary/aromatic N) is 4. The zero-order valence-electron chi connectivity index (χ0n) is 10.1. The number of carboxylic acids is 1. The van der Waals surface area contributed by atoms with Gasteiger partial charge in [-0.3, -0.25) is 4.40 Å². The molecule has 1 aliphatic rings. The maximum atomic E-state index is 11.3. The quantitative estimate of drug-likeness (QED) is 0.850. The van der Waals surface area contributed by atoms with Crippen LogP contribution in [0, 0.1) is 0 Å². The summed E-state index contributed by atoms with van der Waals surface area (Å²) in [6.45, 7) is 1.91. The number of rotatable bonds is 2. The average molecular weight is 246 g/mol. The van der Waals surface area contributed by atoms with Crippen molar-refractivity contribution in [1.82, 2.24) is 19.5 Å². The van der Waals surface area contributed by atoms with E-state index in [1.165, 1.54) is 0 Å². The van der Waals surface area contributed by atoms with Crippen LogP contribution in [-0.4, -0.2) is 50.7 Å². The molecule has 1 saturated heterocycles. The number of likely N-dealkylation sites (tertiary alicyclic amines) is 1. The monoisotopic (exact) mass is 246 g/mol. The molecule has 2 aromatic rings. The van der Waals surface area contributed by atoms with Crippen LogP contribution >= 0.6 is 0 Å². The molecule has 1 unspecified atom stereocenters. The van der Waals surface area contributed by atoms with Gasteiger partial charge in [0, 0.05) is 12.5 Å². The van der Waals surface area contributed by atoms with Crippen molar-refractivity contribution in [2.75, 3.05) is 20.1 Å². The van der Waals surface area contributed by atoms with E-state index in [4.69, 9.17) is 0 Å². The highest BCUT2D eigenvalue weighted by atomic mass is 16.4. The van der Waals surface area contributed by atoms with E-state index >= 15 is 0 Å². The van der Waals surface area contributed by atoms with Gasteiger partial charge in [-0.1, -0.05) is 6.07 Å². The molecule has 0 radical (unpaired) electrons. The van der Waals surface area contributed by atoms with Crippen molar-refractivity contribution in [2.45, 2.75) is 12.3 Å². The van der Waals surface area contributed by atoms with Gasteiger partial charge in [0.05, 0.1) is 0 Å². The molecule has 1 atom stereocenters. The Balaban J connectivity index is 2.15. The van der Waals surface area contributed by atoms with E-state index in [-0.39, 0.29) is 11.6 Å². The first-order valence-corrected chi connectivity index (χ1v) is 5.92. The van der Waals surface area contributed by atoms with Gasteiger partial charge in [0.1, 0.15) is 11.5 Å². The van der Waals surface area contributed by atoms with E-state index in [0.717, 1.165) is 25.3 Å². The van der Waals surface area contributed by atoms with E-state index in [0.29, 0.717) is 5.65 Å². The summed E-state index contributed by atoms with van der Waals surface area (Å²) in [6.07, 6.45) is 0.991. The number of carboxylic acid groups (broad SMARTS) is 1. The molecule has 3 heterocycles. The topological polar surface area (TPSA) is 70.7 Å². The summed E-state index contributed by atoms with van der Waals surface area (Å²) in [5.41, 5.74) is 0.821. The largest absolute Gasteiger partial charge is 0.477 e. The van der Waals surface area contributed by atoms with Crippen LogP contribution in [0.1, 0.15) is 28.7 Å². The molecule has 1 aliphatic heterocycles. The lowest BCUT2D eigenvalue weighted by molar-refractivity contribution is 0.0688. The Hall–Kier alpha value is -1.95. The van der Waals surface area contributed by atoms with Crippen molar-refractivity contribution >= 4 is 11.6 Å². The lowest BCUT2D eigenvalue weighted by atomic mass is 10.1. The lowest BCUT2D eigenvalue weighted by Crippen LogP contribution is -2.15. The molecule has 0 amide bonds. The summed E-state index contributed by atoms with van der Waals surface area (Å²) in [6, 6.07) is 5.06. The van der Waals surface area contributed by atoms with Crippen molar-refractivity contribution in [1.29, 1.82) is 0 Å². The third kappa shape index (κ3) is 1.65. The van der Waals surface area contributed by atoms with E-state index < -0.39 is 5.97 Å². The zero-order valence-corrected chi connectivity index (χ0v) is 10.1. The molecule has 6 nitrogen and oxygen atoms in total. The van der Waals surface area contributed by atoms with Gasteiger partial charge in [-0.25, -0.2) is 4.79 Å². The fourth-order valence-corrected chi connectivity index (χ4v) is 2.54. The summed E-state index contributed by atoms with van der Waals surface area (Å²) in [5, 5.41) is 17.5. The highest BCUT2D eigenvalue weighted by molar-refractivity contribution is 5.86. The summed E-state index contributed by atoms with van der Waals surface area (Å²) in [7, 11) is 2.06. The van der Waals surface area contributed by atoms with Crippen molar-refractivity contribution in [2.24, 2.45) is 0 Å². The standard InChI is InChI=1S/C12H14N4O2/c1-15-6-5-8(7-15)11-14-13-10-4-2-3-9(12(17)18)16(10)11/h2-4,8H,5-7H2,1H3,(H,17,18). The summed E-state index contributed by atoms with van der Waals surface area (Å²) < 4.78 is 1.66. The fourth-order valence-electron chi connectivity index (χ4n) is 2.54. The molecule has 18 heavy (non-hydrogen) atoms. The first-order chi connectivity index (χ1) is 8.66. The van der Waals surface area contributed by atoms with Crippen molar-refractivity contribution < 1.29 is 9.90 Å². The summed E-state index contributed by atoms with van der Waals surface area (Å²) >= 11 is 0. The van der Waals surface area contributed by atoms with Crippen LogP contribution in [0.15, 0.2) is 18.2 Å². The predicted molar refractivity (Wildman–Crippen MR) is 64.8 cm³/mol. The highest BCUT2D eigenvalue weighted by Crippen LogP contribution is 2.25. The number of hydrogen-bond acceptors (Lipinski definition) is 4.